The molecule has 1 aliphatic heterocycles. The van der Waals surface area contributed by atoms with Crippen molar-refractivity contribution in [1.29, 1.82) is 0 Å². The molecule has 198 valence electrons. The number of H-pyrrole nitrogens is 1. The number of nitrogens with zero attached hydrogens (tertiary/aromatic N) is 6. The molecule has 2 N–H and O–H groups in total. The van der Waals surface area contributed by atoms with E-state index in [0.29, 0.717) is 27.9 Å². The SMILES string of the molecule is Cc1cc(C)c(CNC(=O)c2cc(-c3cccnc3N3CCN(C)CC3)nc3c2cnn3C(C)C)c(=O)[nH]1. The van der Waals surface area contributed by atoms with Crippen molar-refractivity contribution in [3.05, 3.63) is 69.4 Å². The average molecular weight is 515 g/mol. The third-order valence-corrected chi connectivity index (χ3v) is 7.09. The third kappa shape index (κ3) is 4.91. The largest absolute Gasteiger partial charge is 0.353 e. The van der Waals surface area contributed by atoms with Gasteiger partial charge >= 0.3 is 0 Å². The van der Waals surface area contributed by atoms with Crippen LogP contribution in [-0.2, 0) is 6.54 Å². The number of amides is 1. The van der Waals surface area contributed by atoms with Crippen molar-refractivity contribution < 1.29 is 4.79 Å². The van der Waals surface area contributed by atoms with Crippen LogP contribution in [0.2, 0.25) is 0 Å². The first-order valence-corrected chi connectivity index (χ1v) is 13.0. The van der Waals surface area contributed by atoms with Gasteiger partial charge in [0, 0.05) is 61.8 Å². The fraction of sp³-hybridized carbons (Fsp3) is 0.393. The minimum Gasteiger partial charge on any atom is -0.353 e. The maximum atomic E-state index is 13.6. The number of nitrogens with one attached hydrogen (secondary N) is 2. The highest BCUT2D eigenvalue weighted by molar-refractivity contribution is 6.06. The number of aromatic nitrogens is 5. The number of hydrogen-bond donors (Lipinski definition) is 2. The van der Waals surface area contributed by atoms with Gasteiger partial charge in [0.15, 0.2) is 5.65 Å². The highest BCUT2D eigenvalue weighted by Crippen LogP contribution is 2.32. The van der Waals surface area contributed by atoms with E-state index in [1.165, 1.54) is 0 Å². The van der Waals surface area contributed by atoms with Gasteiger partial charge in [-0.1, -0.05) is 0 Å². The summed E-state index contributed by atoms with van der Waals surface area (Å²) in [5, 5.41) is 8.16. The molecular formula is C28H34N8O2. The van der Waals surface area contributed by atoms with E-state index in [9.17, 15) is 9.59 Å². The lowest BCUT2D eigenvalue weighted by atomic mass is 10.1. The minimum atomic E-state index is -0.286. The zero-order valence-corrected chi connectivity index (χ0v) is 22.6. The summed E-state index contributed by atoms with van der Waals surface area (Å²) in [5.41, 5.74) is 4.61. The molecule has 0 spiro atoms. The Hall–Kier alpha value is -4.05. The lowest BCUT2D eigenvalue weighted by Gasteiger charge is -2.34. The number of anilines is 1. The van der Waals surface area contributed by atoms with Gasteiger partial charge in [-0.2, -0.15) is 5.10 Å². The van der Waals surface area contributed by atoms with Crippen LogP contribution in [0.4, 0.5) is 5.82 Å². The Balaban J connectivity index is 1.56. The highest BCUT2D eigenvalue weighted by Gasteiger charge is 2.23. The Morgan fingerprint density at radius 2 is 1.92 bits per heavy atom. The maximum Gasteiger partial charge on any atom is 0.253 e. The van der Waals surface area contributed by atoms with Crippen LogP contribution < -0.4 is 15.8 Å². The van der Waals surface area contributed by atoms with Crippen LogP contribution in [0.15, 0.2) is 41.5 Å². The molecule has 0 unspecified atom stereocenters. The van der Waals surface area contributed by atoms with Crippen LogP contribution in [0.3, 0.4) is 0 Å². The molecule has 0 radical (unpaired) electrons. The van der Waals surface area contributed by atoms with Crippen molar-refractivity contribution >= 4 is 22.8 Å². The Bertz CT molecular complexity index is 1550. The summed E-state index contributed by atoms with van der Waals surface area (Å²) >= 11 is 0. The van der Waals surface area contributed by atoms with Gasteiger partial charge < -0.3 is 20.1 Å². The summed E-state index contributed by atoms with van der Waals surface area (Å²) in [6.45, 7) is 11.5. The molecule has 10 heteroatoms. The zero-order valence-electron chi connectivity index (χ0n) is 22.6. The maximum absolute atomic E-state index is 13.6. The molecular weight excluding hydrogens is 480 g/mol. The van der Waals surface area contributed by atoms with Crippen molar-refractivity contribution in [3.8, 4) is 11.3 Å². The summed E-state index contributed by atoms with van der Waals surface area (Å²) in [4.78, 5) is 43.2. The first-order chi connectivity index (χ1) is 18.2. The summed E-state index contributed by atoms with van der Waals surface area (Å²) in [7, 11) is 2.12. The standard InChI is InChI=1S/C28H34N8O2/c1-17(2)36-26-23(16-31-36)21(27(37)30-15-22-18(3)13-19(4)32-28(22)38)14-24(33-26)20-7-6-8-29-25(20)35-11-9-34(5)10-12-35/h6-8,13-14,16-17H,9-12,15H2,1-5H3,(H,30,37)(H,32,38). The molecule has 38 heavy (non-hydrogen) atoms. The van der Waals surface area contributed by atoms with Gasteiger partial charge in [-0.25, -0.2) is 14.6 Å². The fourth-order valence-corrected chi connectivity index (χ4v) is 4.95. The predicted molar refractivity (Wildman–Crippen MR) is 149 cm³/mol. The number of rotatable bonds is 6. The van der Waals surface area contributed by atoms with Crippen molar-refractivity contribution in [2.75, 3.05) is 38.1 Å². The number of aryl methyl sites for hydroxylation is 2. The van der Waals surface area contributed by atoms with Gasteiger partial charge in [0.05, 0.1) is 22.8 Å². The van der Waals surface area contributed by atoms with Crippen LogP contribution in [-0.4, -0.2) is 68.8 Å². The quantitative estimate of drug-likeness (QED) is 0.407. The number of aromatic amines is 1. The van der Waals surface area contributed by atoms with E-state index >= 15 is 0 Å². The van der Waals surface area contributed by atoms with Crippen molar-refractivity contribution in [2.24, 2.45) is 0 Å². The summed E-state index contributed by atoms with van der Waals surface area (Å²) in [5.74, 6) is 0.572. The van der Waals surface area contributed by atoms with E-state index in [-0.39, 0.29) is 24.1 Å². The lowest BCUT2D eigenvalue weighted by Crippen LogP contribution is -2.45. The number of carbonyl (C=O) groups is 1. The summed E-state index contributed by atoms with van der Waals surface area (Å²) < 4.78 is 1.83. The van der Waals surface area contributed by atoms with Crippen LogP contribution >= 0.6 is 0 Å². The van der Waals surface area contributed by atoms with E-state index < -0.39 is 0 Å². The van der Waals surface area contributed by atoms with Crippen molar-refractivity contribution in [3.63, 3.8) is 0 Å². The second-order valence-corrected chi connectivity index (χ2v) is 10.3. The molecule has 10 nitrogen and oxygen atoms in total. The Labute approximate surface area is 221 Å². The molecule has 4 aromatic rings. The van der Waals surface area contributed by atoms with Gasteiger partial charge in [-0.3, -0.25) is 9.59 Å². The number of carbonyl (C=O) groups excluding carboxylic acids is 1. The molecule has 4 aromatic heterocycles. The van der Waals surface area contributed by atoms with Crippen molar-refractivity contribution in [2.45, 2.75) is 40.3 Å². The number of likely N-dealkylation sites (N-methyl/N-ethyl adjacent to an activating group) is 1. The normalized spacial score (nSPS) is 14.4. The molecule has 5 heterocycles. The van der Waals surface area contributed by atoms with Crippen LogP contribution in [0.1, 0.15) is 47.1 Å². The molecule has 5 rings (SSSR count). The average Bonchev–Trinajstić information content (AvgIpc) is 3.32. The van der Waals surface area contributed by atoms with E-state index in [2.05, 4.69) is 32.2 Å². The topological polar surface area (TPSA) is 112 Å². The molecule has 1 fully saturated rings. The monoisotopic (exact) mass is 514 g/mol. The molecule has 1 amide bonds. The Morgan fingerprint density at radius 3 is 2.63 bits per heavy atom. The van der Waals surface area contributed by atoms with Gasteiger partial charge in [-0.15, -0.1) is 0 Å². The number of fused-ring (bicyclic) bond motifs is 1. The van der Waals surface area contributed by atoms with E-state index in [0.717, 1.165) is 48.8 Å². The van der Waals surface area contributed by atoms with Crippen LogP contribution in [0, 0.1) is 13.8 Å². The second-order valence-electron chi connectivity index (χ2n) is 10.3. The van der Waals surface area contributed by atoms with Gasteiger partial charge in [-0.05, 0) is 64.6 Å². The van der Waals surface area contributed by atoms with Gasteiger partial charge in [0.1, 0.15) is 5.82 Å². The summed E-state index contributed by atoms with van der Waals surface area (Å²) in [6, 6.07) is 7.67. The third-order valence-electron chi connectivity index (χ3n) is 7.09. The first-order valence-electron chi connectivity index (χ1n) is 13.0. The molecule has 0 bridgehead atoms. The van der Waals surface area contributed by atoms with Crippen LogP contribution in [0.5, 0.6) is 0 Å². The smallest absolute Gasteiger partial charge is 0.253 e. The Kier molecular flexibility index (Phi) is 6.98. The fourth-order valence-electron chi connectivity index (χ4n) is 4.95. The summed E-state index contributed by atoms with van der Waals surface area (Å²) in [6.07, 6.45) is 3.48. The predicted octanol–water partition coefficient (Wildman–Crippen LogP) is 3.06. The molecule has 0 atom stereocenters. The number of piperazine rings is 1. The molecule has 0 saturated carbocycles. The van der Waals surface area contributed by atoms with Gasteiger partial charge in [0.2, 0.25) is 0 Å². The molecule has 1 aliphatic rings. The molecule has 1 saturated heterocycles. The van der Waals surface area contributed by atoms with Crippen LogP contribution in [0.25, 0.3) is 22.3 Å². The number of pyridine rings is 3. The molecule has 0 aliphatic carbocycles. The first kappa shape index (κ1) is 25.6. The number of hydrogen-bond acceptors (Lipinski definition) is 7. The zero-order chi connectivity index (χ0) is 27.0. The second kappa shape index (κ2) is 10.4. The van der Waals surface area contributed by atoms with E-state index in [4.69, 9.17) is 9.97 Å². The van der Waals surface area contributed by atoms with E-state index in [1.54, 1.807) is 12.4 Å². The minimum absolute atomic E-state index is 0.0610. The van der Waals surface area contributed by atoms with Crippen molar-refractivity contribution in [1.82, 2.24) is 34.9 Å². The van der Waals surface area contributed by atoms with E-state index in [1.807, 2.05) is 56.6 Å². The molecule has 0 aromatic carbocycles. The Morgan fingerprint density at radius 1 is 1.16 bits per heavy atom. The van der Waals surface area contributed by atoms with Gasteiger partial charge in [0.25, 0.3) is 11.5 Å². The highest BCUT2D eigenvalue weighted by atomic mass is 16.1. The lowest BCUT2D eigenvalue weighted by molar-refractivity contribution is 0.0952.